The Bertz CT molecular complexity index is 387. The molecule has 1 aliphatic rings. The Morgan fingerprint density at radius 1 is 1.35 bits per heavy atom. The number of methoxy groups -OCH3 is 1. The van der Waals surface area contributed by atoms with E-state index in [1.807, 2.05) is 0 Å². The molecule has 1 aromatic carbocycles. The van der Waals surface area contributed by atoms with Crippen molar-refractivity contribution in [3.05, 3.63) is 29.3 Å². The Morgan fingerprint density at radius 2 is 2.12 bits per heavy atom. The van der Waals surface area contributed by atoms with Crippen molar-refractivity contribution in [2.24, 2.45) is 5.92 Å². The molecule has 1 saturated heterocycles. The Hall–Kier alpha value is -1.02. The number of hydrogen-bond acceptors (Lipinski definition) is 2. The third-order valence-corrected chi connectivity index (χ3v) is 3.64. The van der Waals surface area contributed by atoms with Gasteiger partial charge in [0, 0.05) is 6.04 Å². The third-order valence-electron chi connectivity index (χ3n) is 3.64. The van der Waals surface area contributed by atoms with Crippen molar-refractivity contribution in [3.63, 3.8) is 0 Å². The molecule has 0 aliphatic carbocycles. The topological polar surface area (TPSA) is 21.3 Å². The molecule has 1 aliphatic heterocycles. The van der Waals surface area contributed by atoms with E-state index in [0.717, 1.165) is 18.2 Å². The van der Waals surface area contributed by atoms with Crippen LogP contribution in [0.3, 0.4) is 0 Å². The summed E-state index contributed by atoms with van der Waals surface area (Å²) in [5, 5.41) is 3.61. The van der Waals surface area contributed by atoms with Crippen LogP contribution in [-0.2, 0) is 0 Å². The molecule has 0 amide bonds. The molecule has 2 rings (SSSR count). The third kappa shape index (κ3) is 2.63. The van der Waals surface area contributed by atoms with Crippen LogP contribution >= 0.6 is 0 Å². The summed E-state index contributed by atoms with van der Waals surface area (Å²) in [5.74, 6) is 2.28. The molecule has 1 N–H and O–H groups in total. The van der Waals surface area contributed by atoms with Crippen LogP contribution in [0.25, 0.3) is 0 Å². The highest BCUT2D eigenvalue weighted by Gasteiger charge is 2.24. The first-order chi connectivity index (χ1) is 8.11. The number of hydrogen-bond donors (Lipinski definition) is 1. The van der Waals surface area contributed by atoms with E-state index >= 15 is 0 Å². The molecule has 0 radical (unpaired) electrons. The SMILES string of the molecule is COc1ccc([C@@H]2C[C@@H](C)CN2)c(C(C)C)c1. The van der Waals surface area contributed by atoms with Gasteiger partial charge in [-0.2, -0.15) is 0 Å². The molecule has 0 aromatic heterocycles. The predicted molar refractivity (Wildman–Crippen MR) is 71.6 cm³/mol. The fourth-order valence-corrected chi connectivity index (χ4v) is 2.65. The largest absolute Gasteiger partial charge is 0.497 e. The molecule has 2 atom stereocenters. The molecule has 1 fully saturated rings. The van der Waals surface area contributed by atoms with E-state index in [1.54, 1.807) is 7.11 Å². The molecule has 2 heteroatoms. The zero-order valence-electron chi connectivity index (χ0n) is 11.3. The van der Waals surface area contributed by atoms with E-state index in [2.05, 4.69) is 44.3 Å². The van der Waals surface area contributed by atoms with Gasteiger partial charge in [-0.25, -0.2) is 0 Å². The lowest BCUT2D eigenvalue weighted by Gasteiger charge is -2.19. The van der Waals surface area contributed by atoms with Gasteiger partial charge in [0.05, 0.1) is 7.11 Å². The van der Waals surface area contributed by atoms with Crippen LogP contribution in [0.4, 0.5) is 0 Å². The fraction of sp³-hybridized carbons (Fsp3) is 0.600. The normalized spacial score (nSPS) is 24.3. The number of ether oxygens (including phenoxy) is 1. The molecule has 94 valence electrons. The van der Waals surface area contributed by atoms with E-state index in [0.29, 0.717) is 12.0 Å². The molecule has 0 bridgehead atoms. The zero-order valence-corrected chi connectivity index (χ0v) is 11.3. The van der Waals surface area contributed by atoms with Crippen molar-refractivity contribution in [1.29, 1.82) is 0 Å². The van der Waals surface area contributed by atoms with Crippen molar-refractivity contribution < 1.29 is 4.74 Å². The van der Waals surface area contributed by atoms with Crippen molar-refractivity contribution >= 4 is 0 Å². The number of rotatable bonds is 3. The molecule has 17 heavy (non-hydrogen) atoms. The first kappa shape index (κ1) is 12.4. The average molecular weight is 233 g/mol. The molecule has 2 nitrogen and oxygen atoms in total. The second-order valence-electron chi connectivity index (χ2n) is 5.45. The van der Waals surface area contributed by atoms with Gasteiger partial charge in [-0.1, -0.05) is 26.8 Å². The summed E-state index contributed by atoms with van der Waals surface area (Å²) < 4.78 is 5.32. The summed E-state index contributed by atoms with van der Waals surface area (Å²) in [6, 6.07) is 7.01. The molecule has 0 unspecified atom stereocenters. The lowest BCUT2D eigenvalue weighted by Crippen LogP contribution is -2.15. The molecule has 1 aromatic rings. The standard InChI is InChI=1S/C15H23NO/c1-10(2)14-8-12(17-4)5-6-13(14)15-7-11(3)9-16-15/h5-6,8,10-11,15-16H,7,9H2,1-4H3/t11-,15+/m1/s1. The van der Waals surface area contributed by atoms with Gasteiger partial charge in [-0.15, -0.1) is 0 Å². The second kappa shape index (κ2) is 5.09. The summed E-state index contributed by atoms with van der Waals surface area (Å²) in [7, 11) is 1.73. The summed E-state index contributed by atoms with van der Waals surface area (Å²) in [4.78, 5) is 0. The zero-order chi connectivity index (χ0) is 12.4. The van der Waals surface area contributed by atoms with Crippen molar-refractivity contribution in [1.82, 2.24) is 5.32 Å². The van der Waals surface area contributed by atoms with Crippen LogP contribution < -0.4 is 10.1 Å². The quantitative estimate of drug-likeness (QED) is 0.863. The van der Waals surface area contributed by atoms with Crippen LogP contribution in [0.1, 0.15) is 50.3 Å². The minimum Gasteiger partial charge on any atom is -0.497 e. The van der Waals surface area contributed by atoms with Gasteiger partial charge in [-0.05, 0) is 48.1 Å². The highest BCUT2D eigenvalue weighted by atomic mass is 16.5. The fourth-order valence-electron chi connectivity index (χ4n) is 2.65. The number of benzene rings is 1. The monoisotopic (exact) mass is 233 g/mol. The van der Waals surface area contributed by atoms with E-state index in [9.17, 15) is 0 Å². The van der Waals surface area contributed by atoms with Crippen molar-refractivity contribution in [2.45, 2.75) is 39.2 Å². The summed E-state index contributed by atoms with van der Waals surface area (Å²) in [5.41, 5.74) is 2.86. The Balaban J connectivity index is 2.32. The first-order valence-electron chi connectivity index (χ1n) is 6.53. The summed E-state index contributed by atoms with van der Waals surface area (Å²) in [6.07, 6.45) is 1.24. The van der Waals surface area contributed by atoms with Gasteiger partial charge < -0.3 is 10.1 Å². The molecule has 0 saturated carbocycles. The van der Waals surface area contributed by atoms with Crippen LogP contribution in [0.15, 0.2) is 18.2 Å². The second-order valence-corrected chi connectivity index (χ2v) is 5.45. The molecule has 0 spiro atoms. The van der Waals surface area contributed by atoms with E-state index < -0.39 is 0 Å². The Kier molecular flexibility index (Phi) is 3.72. The minimum atomic E-state index is 0.522. The minimum absolute atomic E-state index is 0.522. The lowest BCUT2D eigenvalue weighted by molar-refractivity contribution is 0.413. The summed E-state index contributed by atoms with van der Waals surface area (Å²) >= 11 is 0. The number of nitrogens with one attached hydrogen (secondary N) is 1. The predicted octanol–water partition coefficient (Wildman–Crippen LogP) is 3.49. The van der Waals surface area contributed by atoms with Crippen LogP contribution in [0.2, 0.25) is 0 Å². The maximum atomic E-state index is 5.32. The van der Waals surface area contributed by atoms with Crippen LogP contribution in [0, 0.1) is 5.92 Å². The van der Waals surface area contributed by atoms with E-state index in [1.165, 1.54) is 17.5 Å². The van der Waals surface area contributed by atoms with Gasteiger partial charge in [0.2, 0.25) is 0 Å². The first-order valence-corrected chi connectivity index (χ1v) is 6.53. The summed E-state index contributed by atoms with van der Waals surface area (Å²) in [6.45, 7) is 7.94. The van der Waals surface area contributed by atoms with Crippen molar-refractivity contribution in [2.75, 3.05) is 13.7 Å². The smallest absolute Gasteiger partial charge is 0.119 e. The molecular formula is C15H23NO. The van der Waals surface area contributed by atoms with E-state index in [-0.39, 0.29) is 0 Å². The highest BCUT2D eigenvalue weighted by molar-refractivity contribution is 5.39. The Morgan fingerprint density at radius 3 is 2.65 bits per heavy atom. The van der Waals surface area contributed by atoms with Crippen molar-refractivity contribution in [3.8, 4) is 5.75 Å². The lowest BCUT2D eigenvalue weighted by atomic mass is 9.91. The van der Waals surface area contributed by atoms with Gasteiger partial charge in [0.25, 0.3) is 0 Å². The van der Waals surface area contributed by atoms with Crippen LogP contribution in [0.5, 0.6) is 5.75 Å². The van der Waals surface area contributed by atoms with Crippen LogP contribution in [-0.4, -0.2) is 13.7 Å². The molecule has 1 heterocycles. The maximum Gasteiger partial charge on any atom is 0.119 e. The van der Waals surface area contributed by atoms with E-state index in [4.69, 9.17) is 4.74 Å². The van der Waals surface area contributed by atoms with Gasteiger partial charge >= 0.3 is 0 Å². The molecular weight excluding hydrogens is 210 g/mol. The average Bonchev–Trinajstić information content (AvgIpc) is 2.75. The van der Waals surface area contributed by atoms with Gasteiger partial charge in [0.15, 0.2) is 0 Å². The van der Waals surface area contributed by atoms with Gasteiger partial charge in [-0.3, -0.25) is 0 Å². The highest BCUT2D eigenvalue weighted by Crippen LogP contribution is 2.34. The van der Waals surface area contributed by atoms with Gasteiger partial charge in [0.1, 0.15) is 5.75 Å². The Labute approximate surface area is 104 Å². The maximum absolute atomic E-state index is 5.32.